The number of carbonyl (C=O) groups excluding carboxylic acids is 3. The molecule has 0 aromatic carbocycles. The number of carbonyl (C=O) groups is 3. The van der Waals surface area contributed by atoms with Gasteiger partial charge in [0.15, 0.2) is 0 Å². The van der Waals surface area contributed by atoms with Crippen LogP contribution in [0.4, 0.5) is 18.0 Å². The molecule has 0 bridgehead atoms. The Morgan fingerprint density at radius 1 is 1.23 bits per heavy atom. The van der Waals surface area contributed by atoms with Gasteiger partial charge in [-0.3, -0.25) is 14.5 Å². The van der Waals surface area contributed by atoms with Crippen LogP contribution in [-0.4, -0.2) is 80.5 Å². The molecule has 1 fully saturated rings. The van der Waals surface area contributed by atoms with Crippen LogP contribution in [0.25, 0.3) is 0 Å². The second-order valence-electron chi connectivity index (χ2n) is 8.20. The van der Waals surface area contributed by atoms with Crippen molar-refractivity contribution in [3.05, 3.63) is 0 Å². The fraction of sp³-hybridized carbons (Fsp3) is 0.850. The van der Waals surface area contributed by atoms with Crippen LogP contribution >= 0.6 is 0 Å². The molecular weight excluding hydrogens is 401 g/mol. The lowest BCUT2D eigenvalue weighted by atomic mass is 9.81. The van der Waals surface area contributed by atoms with Crippen LogP contribution in [0.1, 0.15) is 45.4 Å². The largest absolute Gasteiger partial charge is 0.401 e. The normalized spacial score (nSPS) is 18.4. The van der Waals surface area contributed by atoms with Crippen LogP contribution in [-0.2, 0) is 9.59 Å². The van der Waals surface area contributed by atoms with Gasteiger partial charge in [0.05, 0.1) is 12.5 Å². The third kappa shape index (κ3) is 10.4. The Morgan fingerprint density at radius 2 is 1.93 bits per heavy atom. The Hall–Kier alpha value is -1.68. The summed E-state index contributed by atoms with van der Waals surface area (Å²) in [4.78, 5) is 40.4. The molecule has 2 N–H and O–H groups in total. The first-order chi connectivity index (χ1) is 14.0. The number of amides is 3. The first-order valence-corrected chi connectivity index (χ1v) is 10.6. The van der Waals surface area contributed by atoms with Crippen molar-refractivity contribution in [2.45, 2.75) is 51.6 Å². The number of imide groups is 1. The van der Waals surface area contributed by atoms with Crippen LogP contribution in [0, 0.1) is 11.8 Å². The molecule has 0 heterocycles. The molecule has 1 aliphatic carbocycles. The van der Waals surface area contributed by atoms with Gasteiger partial charge in [-0.1, -0.05) is 6.92 Å². The lowest BCUT2D eigenvalue weighted by Gasteiger charge is -2.30. The van der Waals surface area contributed by atoms with Crippen molar-refractivity contribution >= 4 is 17.7 Å². The zero-order valence-corrected chi connectivity index (χ0v) is 18.2. The number of nitrogens with zero attached hydrogens (tertiary/aromatic N) is 2. The summed E-state index contributed by atoms with van der Waals surface area (Å²) in [5.41, 5.74) is 0. The maximum Gasteiger partial charge on any atom is 0.401 e. The van der Waals surface area contributed by atoms with Gasteiger partial charge in [0, 0.05) is 39.0 Å². The molecule has 7 nitrogen and oxygen atoms in total. The van der Waals surface area contributed by atoms with E-state index in [1.165, 1.54) is 0 Å². The molecule has 10 heteroatoms. The van der Waals surface area contributed by atoms with E-state index in [2.05, 4.69) is 10.6 Å². The number of urea groups is 1. The molecule has 0 aromatic rings. The van der Waals surface area contributed by atoms with Crippen LogP contribution in [0.15, 0.2) is 0 Å². The molecular formula is C20H35F3N4O3. The van der Waals surface area contributed by atoms with E-state index in [0.29, 0.717) is 38.8 Å². The first-order valence-electron chi connectivity index (χ1n) is 10.6. The molecule has 0 aliphatic heterocycles. The van der Waals surface area contributed by atoms with Gasteiger partial charge in [-0.05, 0) is 45.7 Å². The summed E-state index contributed by atoms with van der Waals surface area (Å²) in [6, 6.07) is -0.538. The number of rotatable bonds is 11. The van der Waals surface area contributed by atoms with Crippen molar-refractivity contribution in [1.82, 2.24) is 20.4 Å². The van der Waals surface area contributed by atoms with E-state index in [1.54, 1.807) is 0 Å². The van der Waals surface area contributed by atoms with E-state index < -0.39 is 30.6 Å². The van der Waals surface area contributed by atoms with Gasteiger partial charge < -0.3 is 15.5 Å². The highest BCUT2D eigenvalue weighted by Crippen LogP contribution is 2.28. The quantitative estimate of drug-likeness (QED) is 0.520. The molecule has 1 aliphatic rings. The fourth-order valence-electron chi connectivity index (χ4n) is 3.61. The van der Waals surface area contributed by atoms with Gasteiger partial charge in [-0.15, -0.1) is 0 Å². The fourth-order valence-corrected chi connectivity index (χ4v) is 3.61. The van der Waals surface area contributed by atoms with Gasteiger partial charge in [-0.2, -0.15) is 13.2 Å². The maximum absolute atomic E-state index is 13.1. The minimum atomic E-state index is -4.39. The predicted octanol–water partition coefficient (Wildman–Crippen LogP) is 2.41. The number of hydrogen-bond donors (Lipinski definition) is 2. The van der Waals surface area contributed by atoms with Gasteiger partial charge >= 0.3 is 12.2 Å². The van der Waals surface area contributed by atoms with E-state index in [4.69, 9.17) is 0 Å². The second kappa shape index (κ2) is 12.9. The summed E-state index contributed by atoms with van der Waals surface area (Å²) in [5.74, 6) is -1.22. The highest BCUT2D eigenvalue weighted by Gasteiger charge is 2.33. The molecule has 0 saturated heterocycles. The summed E-state index contributed by atoms with van der Waals surface area (Å²) in [7, 11) is 3.71. The minimum absolute atomic E-state index is 0.0480. The van der Waals surface area contributed by atoms with Gasteiger partial charge in [0.1, 0.15) is 5.78 Å². The van der Waals surface area contributed by atoms with Gasteiger partial charge in [0.2, 0.25) is 5.91 Å². The zero-order chi connectivity index (χ0) is 22.7. The third-order valence-electron chi connectivity index (χ3n) is 5.06. The van der Waals surface area contributed by atoms with E-state index in [0.717, 1.165) is 17.7 Å². The van der Waals surface area contributed by atoms with Crippen molar-refractivity contribution in [3.63, 3.8) is 0 Å². The van der Waals surface area contributed by atoms with Gasteiger partial charge in [0.25, 0.3) is 0 Å². The molecule has 3 amide bonds. The molecule has 0 spiro atoms. The molecule has 1 saturated carbocycles. The Labute approximate surface area is 176 Å². The SMILES string of the molecule is CCCN(C(=O)NCCN(C)C)C(=O)C(CNCC(F)(F)F)C[C@H]1CCCC(=O)C1. The average Bonchev–Trinajstić information content (AvgIpc) is 2.63. The molecule has 1 rings (SSSR count). The molecule has 2 atom stereocenters. The maximum atomic E-state index is 13.1. The summed E-state index contributed by atoms with van der Waals surface area (Å²) < 4.78 is 37.7. The Kier molecular flexibility index (Phi) is 11.3. The third-order valence-corrected chi connectivity index (χ3v) is 5.06. The summed E-state index contributed by atoms with van der Waals surface area (Å²) in [5, 5.41) is 5.00. The Bertz CT molecular complexity index is 570. The number of nitrogens with one attached hydrogen (secondary N) is 2. The Balaban J connectivity index is 2.85. The average molecular weight is 437 g/mol. The Morgan fingerprint density at radius 3 is 2.50 bits per heavy atom. The van der Waals surface area contributed by atoms with E-state index in [9.17, 15) is 27.6 Å². The lowest BCUT2D eigenvalue weighted by Crippen LogP contribution is -2.50. The zero-order valence-electron chi connectivity index (χ0n) is 18.2. The first kappa shape index (κ1) is 26.4. The molecule has 0 aromatic heterocycles. The molecule has 30 heavy (non-hydrogen) atoms. The van der Waals surface area contributed by atoms with Crippen molar-refractivity contribution < 1.29 is 27.6 Å². The van der Waals surface area contributed by atoms with Crippen molar-refractivity contribution in [2.75, 3.05) is 46.8 Å². The molecule has 1 unspecified atom stereocenters. The monoisotopic (exact) mass is 436 g/mol. The molecule has 0 radical (unpaired) electrons. The number of Topliss-reactive ketones (excluding diaryl/α,β-unsaturated/α-hetero) is 1. The highest BCUT2D eigenvalue weighted by atomic mass is 19.4. The summed E-state index contributed by atoms with van der Waals surface area (Å²) in [6.45, 7) is 1.57. The smallest absolute Gasteiger partial charge is 0.336 e. The topological polar surface area (TPSA) is 81.8 Å². The number of ketones is 1. The second-order valence-corrected chi connectivity index (χ2v) is 8.20. The van der Waals surface area contributed by atoms with Crippen LogP contribution in [0.3, 0.4) is 0 Å². The lowest BCUT2D eigenvalue weighted by molar-refractivity contribution is -0.136. The van der Waals surface area contributed by atoms with E-state index in [-0.39, 0.29) is 24.8 Å². The van der Waals surface area contributed by atoms with E-state index in [1.807, 2.05) is 25.9 Å². The standard InChI is InChI=1S/C20H35F3N4O3/c1-4-9-27(19(30)25-8-10-26(2)3)18(29)16(13-24-14-20(21,22)23)11-15-6-5-7-17(28)12-15/h15-16,24H,4-14H2,1-3H3,(H,25,30)/t15-,16?/m1/s1. The van der Waals surface area contributed by atoms with Gasteiger partial charge in [-0.25, -0.2) is 4.79 Å². The van der Waals surface area contributed by atoms with Crippen LogP contribution < -0.4 is 10.6 Å². The molecule has 174 valence electrons. The van der Waals surface area contributed by atoms with Crippen molar-refractivity contribution in [2.24, 2.45) is 11.8 Å². The number of likely N-dealkylation sites (N-methyl/N-ethyl adjacent to an activating group) is 1. The van der Waals surface area contributed by atoms with Crippen molar-refractivity contribution in [1.29, 1.82) is 0 Å². The minimum Gasteiger partial charge on any atom is -0.336 e. The van der Waals surface area contributed by atoms with Crippen molar-refractivity contribution in [3.8, 4) is 0 Å². The van der Waals surface area contributed by atoms with Crippen LogP contribution in [0.2, 0.25) is 0 Å². The number of alkyl halides is 3. The number of halogens is 3. The van der Waals surface area contributed by atoms with Crippen LogP contribution in [0.5, 0.6) is 0 Å². The highest BCUT2D eigenvalue weighted by molar-refractivity contribution is 5.95. The predicted molar refractivity (Wildman–Crippen MR) is 108 cm³/mol. The summed E-state index contributed by atoms with van der Waals surface area (Å²) >= 11 is 0. The summed E-state index contributed by atoms with van der Waals surface area (Å²) in [6.07, 6.45) is -1.22. The van der Waals surface area contributed by atoms with E-state index >= 15 is 0 Å². The number of hydrogen-bond acceptors (Lipinski definition) is 5.